The first-order chi connectivity index (χ1) is 17.8. The molecule has 0 radical (unpaired) electrons. The smallest absolute Gasteiger partial charge is 0.264 e. The van der Waals surface area contributed by atoms with Gasteiger partial charge in [0.25, 0.3) is 10.0 Å². The number of carbonyl (C=O) groups is 2. The average molecular weight is 540 g/mol. The second-order valence-electron chi connectivity index (χ2n) is 10.2. The molecule has 0 heterocycles. The van der Waals surface area contributed by atoms with E-state index in [4.69, 9.17) is 0 Å². The van der Waals surface area contributed by atoms with Crippen molar-refractivity contribution in [2.24, 2.45) is 0 Å². The molecule has 0 saturated heterocycles. The van der Waals surface area contributed by atoms with Crippen molar-refractivity contribution in [3.63, 3.8) is 0 Å². The van der Waals surface area contributed by atoms with E-state index in [-0.39, 0.29) is 23.0 Å². The van der Waals surface area contributed by atoms with Crippen LogP contribution in [0.1, 0.15) is 38.8 Å². The molecule has 2 amide bonds. The van der Waals surface area contributed by atoms with E-state index in [1.165, 1.54) is 4.90 Å². The van der Waals surface area contributed by atoms with Crippen LogP contribution in [0.25, 0.3) is 0 Å². The highest BCUT2D eigenvalue weighted by atomic mass is 32.2. The predicted molar refractivity (Wildman–Crippen MR) is 146 cm³/mol. The summed E-state index contributed by atoms with van der Waals surface area (Å²) in [5.41, 5.74) is 1.46. The molecule has 0 unspecified atom stereocenters. The van der Waals surface area contributed by atoms with E-state index in [0.29, 0.717) is 0 Å². The van der Waals surface area contributed by atoms with Crippen molar-refractivity contribution in [3.05, 3.63) is 95.8 Å². The van der Waals surface area contributed by atoms with E-state index in [9.17, 15) is 22.4 Å². The summed E-state index contributed by atoms with van der Waals surface area (Å²) < 4.78 is 41.9. The van der Waals surface area contributed by atoms with Gasteiger partial charge in [-0.3, -0.25) is 13.9 Å². The van der Waals surface area contributed by atoms with Gasteiger partial charge in [0.2, 0.25) is 11.8 Å². The van der Waals surface area contributed by atoms with Gasteiger partial charge in [-0.25, -0.2) is 12.8 Å². The van der Waals surface area contributed by atoms with E-state index >= 15 is 0 Å². The van der Waals surface area contributed by atoms with Gasteiger partial charge in [0, 0.05) is 12.1 Å². The molecule has 0 fully saturated rings. The van der Waals surface area contributed by atoms with Crippen LogP contribution in [0.4, 0.5) is 10.1 Å². The minimum atomic E-state index is -4.24. The van der Waals surface area contributed by atoms with Gasteiger partial charge < -0.3 is 10.2 Å². The molecule has 0 aliphatic heterocycles. The Morgan fingerprint density at radius 1 is 0.921 bits per heavy atom. The largest absolute Gasteiger partial charge is 0.350 e. The number of halogens is 1. The number of aryl methyl sites for hydroxylation is 1. The maximum absolute atomic E-state index is 13.8. The number of amides is 2. The molecule has 202 valence electrons. The second kappa shape index (κ2) is 11.8. The summed E-state index contributed by atoms with van der Waals surface area (Å²) in [6, 6.07) is 19.5. The lowest BCUT2D eigenvalue weighted by molar-refractivity contribution is -0.140. The number of carbonyl (C=O) groups excluding carboxylic acids is 2. The minimum Gasteiger partial charge on any atom is -0.350 e. The first-order valence-electron chi connectivity index (χ1n) is 12.3. The molecule has 7 nitrogen and oxygen atoms in total. The molecule has 1 atom stereocenters. The summed E-state index contributed by atoms with van der Waals surface area (Å²) in [5, 5.41) is 2.89. The number of nitrogens with one attached hydrogen (secondary N) is 1. The quantitative estimate of drug-likeness (QED) is 0.429. The maximum Gasteiger partial charge on any atom is 0.264 e. The van der Waals surface area contributed by atoms with Gasteiger partial charge in [-0.05, 0) is 76.6 Å². The molecule has 9 heteroatoms. The van der Waals surface area contributed by atoms with Crippen LogP contribution in [-0.4, -0.2) is 43.3 Å². The highest BCUT2D eigenvalue weighted by Gasteiger charge is 2.33. The van der Waals surface area contributed by atoms with E-state index in [2.05, 4.69) is 5.32 Å². The van der Waals surface area contributed by atoms with Crippen molar-refractivity contribution in [2.45, 2.75) is 57.6 Å². The molecular weight excluding hydrogens is 505 g/mol. The molecule has 3 aromatic rings. The van der Waals surface area contributed by atoms with Gasteiger partial charge in [0.15, 0.2) is 0 Å². The number of rotatable bonds is 9. The Labute approximate surface area is 224 Å². The molecule has 0 spiro atoms. The lowest BCUT2D eigenvalue weighted by Gasteiger charge is -2.33. The van der Waals surface area contributed by atoms with Gasteiger partial charge in [0.1, 0.15) is 18.4 Å². The van der Waals surface area contributed by atoms with E-state index in [1.54, 1.807) is 31.2 Å². The molecule has 0 bridgehead atoms. The predicted octanol–water partition coefficient (Wildman–Crippen LogP) is 4.66. The highest BCUT2D eigenvalue weighted by Crippen LogP contribution is 2.25. The van der Waals surface area contributed by atoms with Crippen LogP contribution in [0.2, 0.25) is 0 Å². The Balaban J connectivity index is 2.02. The summed E-state index contributed by atoms with van der Waals surface area (Å²) >= 11 is 0. The molecule has 38 heavy (non-hydrogen) atoms. The third-order valence-electron chi connectivity index (χ3n) is 5.86. The van der Waals surface area contributed by atoms with Crippen molar-refractivity contribution in [3.8, 4) is 0 Å². The molecule has 3 rings (SSSR count). The zero-order valence-electron chi connectivity index (χ0n) is 22.3. The average Bonchev–Trinajstić information content (AvgIpc) is 2.85. The number of anilines is 1. The fourth-order valence-electron chi connectivity index (χ4n) is 3.81. The Morgan fingerprint density at radius 3 is 2.05 bits per heavy atom. The first-order valence-corrected chi connectivity index (χ1v) is 13.7. The first kappa shape index (κ1) is 28.8. The maximum atomic E-state index is 13.8. The van der Waals surface area contributed by atoms with Gasteiger partial charge >= 0.3 is 0 Å². The van der Waals surface area contributed by atoms with Gasteiger partial charge in [-0.1, -0.05) is 48.0 Å². The Kier molecular flexibility index (Phi) is 8.93. The number of benzene rings is 3. The topological polar surface area (TPSA) is 86.8 Å². The monoisotopic (exact) mass is 539 g/mol. The highest BCUT2D eigenvalue weighted by molar-refractivity contribution is 7.92. The zero-order chi connectivity index (χ0) is 28.1. The van der Waals surface area contributed by atoms with Gasteiger partial charge in [-0.2, -0.15) is 0 Å². The lowest BCUT2D eigenvalue weighted by Crippen LogP contribution is -2.54. The van der Waals surface area contributed by atoms with Crippen LogP contribution in [0, 0.1) is 12.7 Å². The SMILES string of the molecule is Cc1ccc(N(CC(=O)N(Cc2ccccc2)[C@@H](C)C(=O)NC(C)(C)C)S(=O)(=O)c2ccc(F)cc2)cc1. The molecule has 1 N–H and O–H groups in total. The zero-order valence-corrected chi connectivity index (χ0v) is 23.1. The number of hydrogen-bond donors (Lipinski definition) is 1. The summed E-state index contributed by atoms with van der Waals surface area (Å²) in [6.45, 7) is 8.57. The van der Waals surface area contributed by atoms with Crippen molar-refractivity contribution in [2.75, 3.05) is 10.8 Å². The lowest BCUT2D eigenvalue weighted by atomic mass is 10.1. The van der Waals surface area contributed by atoms with Crippen molar-refractivity contribution in [1.29, 1.82) is 0 Å². The number of hydrogen-bond acceptors (Lipinski definition) is 4. The van der Waals surface area contributed by atoms with Gasteiger partial charge in [0.05, 0.1) is 10.6 Å². The number of nitrogens with zero attached hydrogens (tertiary/aromatic N) is 2. The normalized spacial score (nSPS) is 12.5. The molecule has 0 aromatic heterocycles. The third kappa shape index (κ3) is 7.41. The Hall–Kier alpha value is -3.72. The van der Waals surface area contributed by atoms with Crippen LogP contribution >= 0.6 is 0 Å². The van der Waals surface area contributed by atoms with Crippen LogP contribution in [0.3, 0.4) is 0 Å². The Bertz CT molecular complexity index is 1350. The van der Waals surface area contributed by atoms with Crippen molar-refractivity contribution < 1.29 is 22.4 Å². The summed E-state index contributed by atoms with van der Waals surface area (Å²) in [4.78, 5) is 28.1. The van der Waals surface area contributed by atoms with Crippen molar-refractivity contribution >= 4 is 27.5 Å². The van der Waals surface area contributed by atoms with Crippen LogP contribution < -0.4 is 9.62 Å². The van der Waals surface area contributed by atoms with E-state index < -0.39 is 39.9 Å². The molecule has 3 aromatic carbocycles. The fraction of sp³-hybridized carbons (Fsp3) is 0.310. The third-order valence-corrected chi connectivity index (χ3v) is 7.65. The second-order valence-corrected chi connectivity index (χ2v) is 12.1. The molecular formula is C29H34FN3O4S. The minimum absolute atomic E-state index is 0.108. The van der Waals surface area contributed by atoms with Crippen LogP contribution in [0.15, 0.2) is 83.8 Å². The fourth-order valence-corrected chi connectivity index (χ4v) is 5.22. The van der Waals surface area contributed by atoms with E-state index in [0.717, 1.165) is 39.7 Å². The van der Waals surface area contributed by atoms with Crippen molar-refractivity contribution in [1.82, 2.24) is 10.2 Å². The summed E-state index contributed by atoms with van der Waals surface area (Å²) in [5.74, 6) is -1.49. The molecule has 0 aliphatic rings. The van der Waals surface area contributed by atoms with Crippen LogP contribution in [0.5, 0.6) is 0 Å². The standard InChI is InChI=1S/C29H34FN3O4S/c1-21-11-15-25(16-12-21)33(38(36,37)26-17-13-24(30)14-18-26)20-27(34)32(19-23-9-7-6-8-10-23)22(2)28(35)31-29(3,4)5/h6-18,22H,19-20H2,1-5H3,(H,31,35)/t22-/m0/s1. The van der Waals surface area contributed by atoms with Gasteiger partial charge in [-0.15, -0.1) is 0 Å². The summed E-state index contributed by atoms with van der Waals surface area (Å²) in [6.07, 6.45) is 0. The molecule has 0 saturated carbocycles. The Morgan fingerprint density at radius 2 is 1.50 bits per heavy atom. The summed E-state index contributed by atoms with van der Waals surface area (Å²) in [7, 11) is -4.24. The van der Waals surface area contributed by atoms with E-state index in [1.807, 2.05) is 58.0 Å². The number of sulfonamides is 1. The van der Waals surface area contributed by atoms with Crippen LogP contribution in [-0.2, 0) is 26.2 Å². The molecule has 0 aliphatic carbocycles.